The largest absolute Gasteiger partial charge is 0.327 e. The number of hydrogen-bond acceptors (Lipinski definition) is 2. The molecule has 100 valence electrons. The van der Waals surface area contributed by atoms with Gasteiger partial charge in [0.25, 0.3) is 0 Å². The van der Waals surface area contributed by atoms with E-state index in [1.807, 2.05) is 18.2 Å². The number of halogens is 1. The fraction of sp³-hybridized carbons (Fsp3) is 0.600. The van der Waals surface area contributed by atoms with E-state index in [0.717, 1.165) is 22.4 Å². The molecule has 18 heavy (non-hydrogen) atoms. The molecule has 0 amide bonds. The van der Waals surface area contributed by atoms with Crippen LogP contribution >= 0.6 is 23.4 Å². The van der Waals surface area contributed by atoms with Gasteiger partial charge in [0, 0.05) is 22.1 Å². The Balaban J connectivity index is 1.72. The second-order valence-corrected chi connectivity index (χ2v) is 6.96. The smallest absolute Gasteiger partial charge is 0.0408 e. The molecular formula is C15H22ClNS. The van der Waals surface area contributed by atoms with Crippen molar-refractivity contribution in [3.63, 3.8) is 0 Å². The fourth-order valence-corrected chi connectivity index (χ4v) is 4.03. The zero-order chi connectivity index (χ0) is 12.8. The average molecular weight is 284 g/mol. The molecule has 0 heterocycles. The predicted molar refractivity (Wildman–Crippen MR) is 82.5 cm³/mol. The SMILES string of the molecule is NC(CSC1CCCCC1)Cc1cccc(Cl)c1. The highest BCUT2D eigenvalue weighted by Crippen LogP contribution is 2.28. The molecule has 1 atom stereocenters. The Morgan fingerprint density at radius 1 is 1.28 bits per heavy atom. The topological polar surface area (TPSA) is 26.0 Å². The Morgan fingerprint density at radius 2 is 2.06 bits per heavy atom. The molecule has 1 fully saturated rings. The quantitative estimate of drug-likeness (QED) is 0.873. The molecule has 1 aromatic carbocycles. The van der Waals surface area contributed by atoms with E-state index in [1.54, 1.807) is 0 Å². The molecule has 1 aromatic rings. The first-order chi connectivity index (χ1) is 8.74. The van der Waals surface area contributed by atoms with Crippen LogP contribution in [0.3, 0.4) is 0 Å². The van der Waals surface area contributed by atoms with E-state index >= 15 is 0 Å². The molecule has 1 aliphatic rings. The first-order valence-corrected chi connectivity index (χ1v) is 8.28. The molecule has 0 radical (unpaired) electrons. The lowest BCUT2D eigenvalue weighted by Crippen LogP contribution is -2.27. The Morgan fingerprint density at radius 3 is 2.78 bits per heavy atom. The van der Waals surface area contributed by atoms with Gasteiger partial charge < -0.3 is 5.73 Å². The van der Waals surface area contributed by atoms with Crippen LogP contribution in [0.2, 0.25) is 5.02 Å². The molecule has 0 aliphatic heterocycles. The Labute approximate surface area is 119 Å². The maximum atomic E-state index is 6.21. The molecule has 1 unspecified atom stereocenters. The van der Waals surface area contributed by atoms with Crippen molar-refractivity contribution in [3.05, 3.63) is 34.9 Å². The summed E-state index contributed by atoms with van der Waals surface area (Å²) in [5, 5.41) is 1.66. The third-order valence-corrected chi connectivity index (χ3v) is 5.28. The van der Waals surface area contributed by atoms with E-state index in [4.69, 9.17) is 17.3 Å². The first-order valence-electron chi connectivity index (χ1n) is 6.85. The van der Waals surface area contributed by atoms with Crippen LogP contribution in [0.25, 0.3) is 0 Å². The highest BCUT2D eigenvalue weighted by atomic mass is 35.5. The molecule has 0 spiro atoms. The van der Waals surface area contributed by atoms with Crippen LogP contribution in [0.1, 0.15) is 37.7 Å². The molecule has 1 nitrogen and oxygen atoms in total. The van der Waals surface area contributed by atoms with Crippen molar-refractivity contribution >= 4 is 23.4 Å². The normalized spacial score (nSPS) is 18.8. The lowest BCUT2D eigenvalue weighted by atomic mass is 10.0. The van der Waals surface area contributed by atoms with Crippen LogP contribution in [0.15, 0.2) is 24.3 Å². The van der Waals surface area contributed by atoms with Gasteiger partial charge in [-0.15, -0.1) is 0 Å². The first kappa shape index (κ1) is 14.2. The summed E-state index contributed by atoms with van der Waals surface area (Å²) < 4.78 is 0. The van der Waals surface area contributed by atoms with E-state index in [0.29, 0.717) is 0 Å². The fourth-order valence-electron chi connectivity index (χ4n) is 2.52. The van der Waals surface area contributed by atoms with Crippen molar-refractivity contribution in [2.24, 2.45) is 5.73 Å². The molecule has 0 saturated heterocycles. The van der Waals surface area contributed by atoms with Crippen LogP contribution < -0.4 is 5.73 Å². The summed E-state index contributed by atoms with van der Waals surface area (Å²) in [6.07, 6.45) is 7.93. The molecule has 0 aromatic heterocycles. The van der Waals surface area contributed by atoms with Crippen molar-refractivity contribution in [1.29, 1.82) is 0 Å². The number of rotatable bonds is 5. The zero-order valence-electron chi connectivity index (χ0n) is 10.8. The van der Waals surface area contributed by atoms with E-state index in [-0.39, 0.29) is 6.04 Å². The van der Waals surface area contributed by atoms with Crippen LogP contribution in [0.5, 0.6) is 0 Å². The summed E-state index contributed by atoms with van der Waals surface area (Å²) >= 11 is 8.05. The minimum Gasteiger partial charge on any atom is -0.327 e. The van der Waals surface area contributed by atoms with Gasteiger partial charge in [0.1, 0.15) is 0 Å². The van der Waals surface area contributed by atoms with Gasteiger partial charge in [0.15, 0.2) is 0 Å². The van der Waals surface area contributed by atoms with Crippen molar-refractivity contribution in [2.75, 3.05) is 5.75 Å². The van der Waals surface area contributed by atoms with Crippen molar-refractivity contribution < 1.29 is 0 Å². The Kier molecular flexibility index (Phi) is 5.87. The minimum absolute atomic E-state index is 0.246. The molecule has 1 aliphatic carbocycles. The monoisotopic (exact) mass is 283 g/mol. The third kappa shape index (κ3) is 4.83. The lowest BCUT2D eigenvalue weighted by molar-refractivity contribution is 0.515. The van der Waals surface area contributed by atoms with Gasteiger partial charge in [0.05, 0.1) is 0 Å². The number of nitrogens with two attached hydrogens (primary N) is 1. The summed E-state index contributed by atoms with van der Waals surface area (Å²) in [6.45, 7) is 0. The maximum Gasteiger partial charge on any atom is 0.0408 e. The van der Waals surface area contributed by atoms with Gasteiger partial charge >= 0.3 is 0 Å². The van der Waals surface area contributed by atoms with Crippen LogP contribution in [0, 0.1) is 0 Å². The standard InChI is InChI=1S/C15H22ClNS/c16-13-6-4-5-12(9-13)10-14(17)11-18-15-7-2-1-3-8-15/h4-6,9,14-15H,1-3,7-8,10-11,17H2. The van der Waals surface area contributed by atoms with Crippen molar-refractivity contribution in [2.45, 2.75) is 49.8 Å². The van der Waals surface area contributed by atoms with Gasteiger partial charge in [-0.1, -0.05) is 43.0 Å². The van der Waals surface area contributed by atoms with E-state index < -0.39 is 0 Å². The summed E-state index contributed by atoms with van der Waals surface area (Å²) in [5.41, 5.74) is 7.46. The number of benzene rings is 1. The molecule has 3 heteroatoms. The minimum atomic E-state index is 0.246. The Hall–Kier alpha value is -0.180. The van der Waals surface area contributed by atoms with Crippen LogP contribution in [-0.2, 0) is 6.42 Å². The number of hydrogen-bond donors (Lipinski definition) is 1. The van der Waals surface area contributed by atoms with E-state index in [9.17, 15) is 0 Å². The zero-order valence-corrected chi connectivity index (χ0v) is 12.3. The van der Waals surface area contributed by atoms with Gasteiger partial charge in [0.2, 0.25) is 0 Å². The van der Waals surface area contributed by atoms with Crippen LogP contribution in [-0.4, -0.2) is 17.0 Å². The van der Waals surface area contributed by atoms with Gasteiger partial charge in [-0.05, 0) is 37.0 Å². The predicted octanol–water partition coefficient (Wildman–Crippen LogP) is 4.28. The summed E-state index contributed by atoms with van der Waals surface area (Å²) in [5.74, 6) is 1.07. The molecular weight excluding hydrogens is 262 g/mol. The molecule has 1 saturated carbocycles. The summed E-state index contributed by atoms with van der Waals surface area (Å²) in [4.78, 5) is 0. The molecule has 0 bridgehead atoms. The average Bonchev–Trinajstić information content (AvgIpc) is 2.38. The third-order valence-electron chi connectivity index (χ3n) is 3.49. The second-order valence-electron chi connectivity index (χ2n) is 5.19. The van der Waals surface area contributed by atoms with Gasteiger partial charge in [-0.2, -0.15) is 11.8 Å². The maximum absolute atomic E-state index is 6.21. The van der Waals surface area contributed by atoms with Crippen LogP contribution in [0.4, 0.5) is 0 Å². The molecule has 2 rings (SSSR count). The van der Waals surface area contributed by atoms with Crippen molar-refractivity contribution in [1.82, 2.24) is 0 Å². The van der Waals surface area contributed by atoms with Gasteiger partial charge in [-0.3, -0.25) is 0 Å². The summed E-state index contributed by atoms with van der Waals surface area (Å²) in [6, 6.07) is 8.28. The van der Waals surface area contributed by atoms with Gasteiger partial charge in [-0.25, -0.2) is 0 Å². The van der Waals surface area contributed by atoms with E-state index in [1.165, 1.54) is 37.7 Å². The lowest BCUT2D eigenvalue weighted by Gasteiger charge is -2.22. The highest BCUT2D eigenvalue weighted by Gasteiger charge is 2.15. The molecule has 2 N–H and O–H groups in total. The van der Waals surface area contributed by atoms with Crippen molar-refractivity contribution in [3.8, 4) is 0 Å². The second kappa shape index (κ2) is 7.42. The summed E-state index contributed by atoms with van der Waals surface area (Å²) in [7, 11) is 0. The number of thioether (sulfide) groups is 1. The highest BCUT2D eigenvalue weighted by molar-refractivity contribution is 7.99. The van der Waals surface area contributed by atoms with E-state index in [2.05, 4.69) is 17.8 Å². The Bertz CT molecular complexity index is 363.